The maximum atomic E-state index is 13.5. The van der Waals surface area contributed by atoms with Gasteiger partial charge in [-0.3, -0.25) is 0 Å². The molecule has 3 rings (SSSR count). The molecule has 0 saturated heterocycles. The van der Waals surface area contributed by atoms with E-state index in [9.17, 15) is 4.39 Å². The molecule has 0 bridgehead atoms. The summed E-state index contributed by atoms with van der Waals surface area (Å²) in [6, 6.07) is 15.5. The standard InChI is InChI=1S/C16H16FNS/c17-15-7-3-1-6-13(15)10-18-11-14-9-12-5-2-4-8-16(12)19-14/h1-8,14,18H,9-11H2. The van der Waals surface area contributed by atoms with Crippen LogP contribution in [-0.2, 0) is 13.0 Å². The van der Waals surface area contributed by atoms with E-state index < -0.39 is 0 Å². The second-order valence-electron chi connectivity index (χ2n) is 4.77. The van der Waals surface area contributed by atoms with Crippen molar-refractivity contribution in [2.24, 2.45) is 0 Å². The lowest BCUT2D eigenvalue weighted by atomic mass is 10.1. The maximum Gasteiger partial charge on any atom is 0.127 e. The molecule has 0 spiro atoms. The molecule has 1 N–H and O–H groups in total. The number of halogens is 1. The number of rotatable bonds is 4. The van der Waals surface area contributed by atoms with E-state index in [1.165, 1.54) is 16.5 Å². The summed E-state index contributed by atoms with van der Waals surface area (Å²) in [5.41, 5.74) is 2.17. The van der Waals surface area contributed by atoms with Gasteiger partial charge in [0.05, 0.1) is 0 Å². The zero-order chi connectivity index (χ0) is 13.1. The number of nitrogens with one attached hydrogen (secondary N) is 1. The third-order valence-electron chi connectivity index (χ3n) is 3.36. The molecule has 2 aromatic rings. The van der Waals surface area contributed by atoms with Crippen molar-refractivity contribution in [1.29, 1.82) is 0 Å². The highest BCUT2D eigenvalue weighted by Crippen LogP contribution is 2.36. The van der Waals surface area contributed by atoms with Gasteiger partial charge in [0.2, 0.25) is 0 Å². The van der Waals surface area contributed by atoms with E-state index in [1.807, 2.05) is 23.9 Å². The van der Waals surface area contributed by atoms with E-state index in [0.717, 1.165) is 18.5 Å². The Labute approximate surface area is 117 Å². The SMILES string of the molecule is Fc1ccccc1CNCC1Cc2ccccc2S1. The van der Waals surface area contributed by atoms with Gasteiger partial charge in [-0.15, -0.1) is 11.8 Å². The fourth-order valence-corrected chi connectivity index (χ4v) is 3.66. The Hall–Kier alpha value is -1.32. The van der Waals surface area contributed by atoms with Crippen LogP contribution in [0, 0.1) is 5.82 Å². The predicted octanol–water partition coefficient (Wildman–Crippen LogP) is 3.63. The lowest BCUT2D eigenvalue weighted by molar-refractivity contribution is 0.585. The smallest absolute Gasteiger partial charge is 0.127 e. The van der Waals surface area contributed by atoms with Gasteiger partial charge in [-0.1, -0.05) is 36.4 Å². The van der Waals surface area contributed by atoms with Gasteiger partial charge in [-0.2, -0.15) is 0 Å². The summed E-state index contributed by atoms with van der Waals surface area (Å²) < 4.78 is 13.5. The van der Waals surface area contributed by atoms with Crippen LogP contribution < -0.4 is 5.32 Å². The summed E-state index contributed by atoms with van der Waals surface area (Å²) >= 11 is 1.92. The first-order chi connectivity index (χ1) is 9.33. The van der Waals surface area contributed by atoms with Gasteiger partial charge < -0.3 is 5.32 Å². The molecule has 0 fully saturated rings. The van der Waals surface area contributed by atoms with Gasteiger partial charge in [0, 0.05) is 28.8 Å². The third kappa shape index (κ3) is 2.99. The molecule has 1 aliphatic heterocycles. The van der Waals surface area contributed by atoms with Crippen molar-refractivity contribution in [3.63, 3.8) is 0 Å². The lowest BCUT2D eigenvalue weighted by Crippen LogP contribution is -2.24. The summed E-state index contributed by atoms with van der Waals surface area (Å²) in [5.74, 6) is -0.127. The van der Waals surface area contributed by atoms with Crippen molar-refractivity contribution in [3.8, 4) is 0 Å². The molecule has 3 heteroatoms. The Kier molecular flexibility index (Phi) is 3.85. The molecule has 0 aliphatic carbocycles. The Bertz CT molecular complexity index is 545. The number of fused-ring (bicyclic) bond motifs is 1. The lowest BCUT2D eigenvalue weighted by Gasteiger charge is -2.10. The van der Waals surface area contributed by atoms with Crippen molar-refractivity contribution < 1.29 is 4.39 Å². The predicted molar refractivity (Wildman–Crippen MR) is 77.9 cm³/mol. The highest BCUT2D eigenvalue weighted by atomic mass is 32.2. The van der Waals surface area contributed by atoms with Crippen LogP contribution in [0.2, 0.25) is 0 Å². The average Bonchev–Trinajstić information content (AvgIpc) is 2.83. The second-order valence-corrected chi connectivity index (χ2v) is 6.12. The van der Waals surface area contributed by atoms with Gasteiger partial charge in [-0.05, 0) is 24.1 Å². The van der Waals surface area contributed by atoms with Crippen LogP contribution in [0.3, 0.4) is 0 Å². The van der Waals surface area contributed by atoms with Crippen molar-refractivity contribution in [3.05, 3.63) is 65.5 Å². The third-order valence-corrected chi connectivity index (χ3v) is 4.68. The minimum absolute atomic E-state index is 0.127. The number of hydrogen-bond donors (Lipinski definition) is 1. The van der Waals surface area contributed by atoms with Gasteiger partial charge in [0.25, 0.3) is 0 Å². The van der Waals surface area contributed by atoms with E-state index >= 15 is 0 Å². The first-order valence-electron chi connectivity index (χ1n) is 6.51. The molecule has 1 aliphatic rings. The van der Waals surface area contributed by atoms with Crippen molar-refractivity contribution in [1.82, 2.24) is 5.32 Å². The largest absolute Gasteiger partial charge is 0.311 e. The average molecular weight is 273 g/mol. The zero-order valence-electron chi connectivity index (χ0n) is 10.6. The second kappa shape index (κ2) is 5.76. The first kappa shape index (κ1) is 12.7. The summed E-state index contributed by atoms with van der Waals surface area (Å²) in [7, 11) is 0. The van der Waals surface area contributed by atoms with Gasteiger partial charge in [-0.25, -0.2) is 4.39 Å². The molecule has 1 unspecified atom stereocenters. The fourth-order valence-electron chi connectivity index (χ4n) is 2.38. The van der Waals surface area contributed by atoms with Crippen LogP contribution in [0.4, 0.5) is 4.39 Å². The van der Waals surface area contributed by atoms with Gasteiger partial charge in [0.15, 0.2) is 0 Å². The molecule has 0 amide bonds. The molecular formula is C16H16FNS. The van der Waals surface area contributed by atoms with Crippen LogP contribution in [0.5, 0.6) is 0 Å². The van der Waals surface area contributed by atoms with E-state index in [-0.39, 0.29) is 5.82 Å². The minimum atomic E-state index is -0.127. The van der Waals surface area contributed by atoms with Gasteiger partial charge in [0.1, 0.15) is 5.82 Å². The molecule has 2 aromatic carbocycles. The molecule has 1 atom stereocenters. The van der Waals surface area contributed by atoms with Crippen LogP contribution in [-0.4, -0.2) is 11.8 Å². The summed E-state index contributed by atoms with van der Waals surface area (Å²) in [6.45, 7) is 1.51. The highest BCUT2D eigenvalue weighted by molar-refractivity contribution is 8.00. The van der Waals surface area contributed by atoms with Crippen LogP contribution in [0.1, 0.15) is 11.1 Å². The van der Waals surface area contributed by atoms with E-state index in [2.05, 4.69) is 29.6 Å². The summed E-state index contributed by atoms with van der Waals surface area (Å²) in [5, 5.41) is 3.92. The summed E-state index contributed by atoms with van der Waals surface area (Å²) in [4.78, 5) is 1.39. The van der Waals surface area contributed by atoms with Crippen LogP contribution >= 0.6 is 11.8 Å². The van der Waals surface area contributed by atoms with Gasteiger partial charge >= 0.3 is 0 Å². The maximum absolute atomic E-state index is 13.5. The zero-order valence-corrected chi connectivity index (χ0v) is 11.4. The van der Waals surface area contributed by atoms with Crippen molar-refractivity contribution in [2.45, 2.75) is 23.1 Å². The summed E-state index contributed by atoms with van der Waals surface area (Å²) in [6.07, 6.45) is 1.10. The fraction of sp³-hybridized carbons (Fsp3) is 0.250. The van der Waals surface area contributed by atoms with Crippen molar-refractivity contribution in [2.75, 3.05) is 6.54 Å². The Morgan fingerprint density at radius 3 is 2.74 bits per heavy atom. The van der Waals surface area contributed by atoms with Crippen LogP contribution in [0.25, 0.3) is 0 Å². The Balaban J connectivity index is 1.51. The normalized spacial score (nSPS) is 17.4. The molecule has 1 nitrogen and oxygen atoms in total. The van der Waals surface area contributed by atoms with E-state index in [1.54, 1.807) is 6.07 Å². The molecule has 0 saturated carbocycles. The first-order valence-corrected chi connectivity index (χ1v) is 7.39. The molecular weight excluding hydrogens is 257 g/mol. The van der Waals surface area contributed by atoms with Crippen LogP contribution in [0.15, 0.2) is 53.4 Å². The quantitative estimate of drug-likeness (QED) is 0.913. The van der Waals surface area contributed by atoms with E-state index in [4.69, 9.17) is 0 Å². The topological polar surface area (TPSA) is 12.0 Å². The monoisotopic (exact) mass is 273 g/mol. The molecule has 1 heterocycles. The Morgan fingerprint density at radius 2 is 1.89 bits per heavy atom. The van der Waals surface area contributed by atoms with Crippen molar-refractivity contribution >= 4 is 11.8 Å². The number of hydrogen-bond acceptors (Lipinski definition) is 2. The Morgan fingerprint density at radius 1 is 1.11 bits per heavy atom. The minimum Gasteiger partial charge on any atom is -0.311 e. The van der Waals surface area contributed by atoms with E-state index in [0.29, 0.717) is 11.8 Å². The molecule has 98 valence electrons. The molecule has 19 heavy (non-hydrogen) atoms. The number of benzene rings is 2. The molecule has 0 radical (unpaired) electrons. The highest BCUT2D eigenvalue weighted by Gasteiger charge is 2.21. The number of thioether (sulfide) groups is 1. The molecule has 0 aromatic heterocycles.